The zero-order valence-corrected chi connectivity index (χ0v) is 22.2. The highest BCUT2D eigenvalue weighted by molar-refractivity contribution is 6.31. The van der Waals surface area contributed by atoms with Crippen LogP contribution in [0.1, 0.15) is 42.9 Å². The summed E-state index contributed by atoms with van der Waals surface area (Å²) in [5, 5.41) is 12.0. The summed E-state index contributed by atoms with van der Waals surface area (Å²) in [6.07, 6.45) is 1.58. The van der Waals surface area contributed by atoms with Gasteiger partial charge in [0, 0.05) is 47.8 Å². The largest absolute Gasteiger partial charge is 0.351 e. The van der Waals surface area contributed by atoms with E-state index in [1.54, 1.807) is 12.1 Å². The highest BCUT2D eigenvalue weighted by Gasteiger charge is 2.48. The van der Waals surface area contributed by atoms with Gasteiger partial charge in [-0.2, -0.15) is 5.26 Å². The van der Waals surface area contributed by atoms with Crippen LogP contribution in [0.5, 0.6) is 0 Å². The molecule has 1 N–H and O–H groups in total. The number of nitriles is 1. The van der Waals surface area contributed by atoms with Crippen molar-refractivity contribution in [3.8, 4) is 6.07 Å². The van der Waals surface area contributed by atoms with Crippen LogP contribution in [-0.4, -0.2) is 40.7 Å². The van der Waals surface area contributed by atoms with Gasteiger partial charge in [-0.15, -0.1) is 0 Å². The summed E-state index contributed by atoms with van der Waals surface area (Å²) >= 11 is 6.49. The van der Waals surface area contributed by atoms with Crippen LogP contribution in [0.25, 0.3) is 0 Å². The normalized spacial score (nSPS) is 18.8. The SMILES string of the molecule is N#Cc1cncc(N2C(=O)CC[C@H]2C(=O)N(c2cccc(F)c2)[C@H](C(=O)NC2CC(F)(F)C2)c2ccccc2Cl)c1. The predicted molar refractivity (Wildman–Crippen MR) is 144 cm³/mol. The van der Waals surface area contributed by atoms with E-state index in [1.165, 1.54) is 47.6 Å². The zero-order chi connectivity index (χ0) is 29.3. The van der Waals surface area contributed by atoms with Crippen molar-refractivity contribution in [2.24, 2.45) is 0 Å². The van der Waals surface area contributed by atoms with Gasteiger partial charge in [-0.25, -0.2) is 13.2 Å². The molecule has 2 fully saturated rings. The van der Waals surface area contributed by atoms with Crippen LogP contribution in [0.15, 0.2) is 67.0 Å². The number of carbonyl (C=O) groups excluding carboxylic acids is 3. The van der Waals surface area contributed by atoms with Crippen LogP contribution in [0.2, 0.25) is 5.02 Å². The lowest BCUT2D eigenvalue weighted by atomic mass is 9.87. The first-order valence-electron chi connectivity index (χ1n) is 12.8. The van der Waals surface area contributed by atoms with E-state index in [2.05, 4.69) is 10.3 Å². The van der Waals surface area contributed by atoms with E-state index >= 15 is 0 Å². The molecular formula is C29H23ClF3N5O3. The fourth-order valence-corrected chi connectivity index (χ4v) is 5.43. The second-order valence-electron chi connectivity index (χ2n) is 9.94. The van der Waals surface area contributed by atoms with Crippen LogP contribution in [0.3, 0.4) is 0 Å². The first kappa shape index (κ1) is 28.1. The lowest BCUT2D eigenvalue weighted by Gasteiger charge is -2.39. The number of hydrogen-bond donors (Lipinski definition) is 1. The van der Waals surface area contributed by atoms with Crippen LogP contribution in [-0.2, 0) is 14.4 Å². The van der Waals surface area contributed by atoms with Gasteiger partial charge in [-0.05, 0) is 36.8 Å². The third-order valence-electron chi connectivity index (χ3n) is 7.09. The van der Waals surface area contributed by atoms with E-state index in [0.717, 1.165) is 17.0 Å². The third kappa shape index (κ3) is 5.74. The standard InChI is InChI=1S/C29H23ClF3N5O3/c30-23-7-2-1-6-22(23)26(27(40)36-19-12-29(32,33)13-19)38(20-5-3-4-18(31)11-20)28(41)24-8-9-25(39)37(24)21-10-17(14-34)15-35-16-21/h1-7,10-11,15-16,19,24,26H,8-9,12-13H2,(H,36,40)/t24-,26-/m0/s1. The molecule has 1 aliphatic heterocycles. The Kier molecular flexibility index (Phi) is 7.69. The van der Waals surface area contributed by atoms with E-state index in [0.29, 0.717) is 0 Å². The number of nitrogens with zero attached hydrogens (tertiary/aromatic N) is 4. The maximum absolute atomic E-state index is 14.5. The fraction of sp³-hybridized carbons (Fsp3) is 0.276. The molecule has 210 valence electrons. The molecule has 5 rings (SSSR count). The van der Waals surface area contributed by atoms with E-state index in [-0.39, 0.29) is 40.4 Å². The Morgan fingerprint density at radius 1 is 1.15 bits per heavy atom. The van der Waals surface area contributed by atoms with Crippen molar-refractivity contribution in [2.45, 2.75) is 49.7 Å². The van der Waals surface area contributed by atoms with Crippen molar-refractivity contribution in [3.63, 3.8) is 0 Å². The summed E-state index contributed by atoms with van der Waals surface area (Å²) in [6, 6.07) is 11.1. The molecule has 2 atom stereocenters. The third-order valence-corrected chi connectivity index (χ3v) is 7.44. The molecule has 1 saturated heterocycles. The fourth-order valence-electron chi connectivity index (χ4n) is 5.19. The van der Waals surface area contributed by atoms with Crippen molar-refractivity contribution in [1.29, 1.82) is 5.26 Å². The lowest BCUT2D eigenvalue weighted by molar-refractivity contribution is -0.133. The highest BCUT2D eigenvalue weighted by atomic mass is 35.5. The van der Waals surface area contributed by atoms with Crippen LogP contribution in [0, 0.1) is 17.1 Å². The van der Waals surface area contributed by atoms with Crippen molar-refractivity contribution >= 4 is 40.7 Å². The summed E-state index contributed by atoms with van der Waals surface area (Å²) in [5.74, 6) is -5.53. The molecule has 3 amide bonds. The molecule has 0 unspecified atom stereocenters. The predicted octanol–water partition coefficient (Wildman–Crippen LogP) is 4.93. The lowest BCUT2D eigenvalue weighted by Crippen LogP contribution is -2.56. The molecule has 41 heavy (non-hydrogen) atoms. The van der Waals surface area contributed by atoms with E-state index in [4.69, 9.17) is 11.6 Å². The number of aromatic nitrogens is 1. The minimum Gasteiger partial charge on any atom is -0.351 e. The molecule has 0 spiro atoms. The monoisotopic (exact) mass is 581 g/mol. The number of benzene rings is 2. The number of pyridine rings is 1. The van der Waals surface area contributed by atoms with Gasteiger partial charge in [-0.3, -0.25) is 29.2 Å². The maximum atomic E-state index is 14.5. The molecule has 2 heterocycles. The Hall–Kier alpha value is -4.43. The number of halogens is 4. The number of hydrogen-bond acceptors (Lipinski definition) is 5. The topological polar surface area (TPSA) is 106 Å². The van der Waals surface area contributed by atoms with Gasteiger partial charge in [0.05, 0.1) is 17.4 Å². The van der Waals surface area contributed by atoms with Crippen molar-refractivity contribution in [1.82, 2.24) is 10.3 Å². The zero-order valence-electron chi connectivity index (χ0n) is 21.4. The van der Waals surface area contributed by atoms with Crippen molar-refractivity contribution in [3.05, 3.63) is 89.0 Å². The summed E-state index contributed by atoms with van der Waals surface area (Å²) in [5.41, 5.74) is 0.553. The number of anilines is 2. The molecule has 0 radical (unpaired) electrons. The van der Waals surface area contributed by atoms with E-state index < -0.39 is 60.4 Å². The average Bonchev–Trinajstić information content (AvgIpc) is 3.32. The van der Waals surface area contributed by atoms with Crippen LogP contribution >= 0.6 is 11.6 Å². The Morgan fingerprint density at radius 2 is 1.90 bits per heavy atom. The number of carbonyl (C=O) groups is 3. The summed E-state index contributed by atoms with van der Waals surface area (Å²) < 4.78 is 41.7. The molecule has 2 aromatic carbocycles. The second-order valence-corrected chi connectivity index (χ2v) is 10.4. The summed E-state index contributed by atoms with van der Waals surface area (Å²) in [4.78, 5) is 47.5. The molecule has 2 aliphatic rings. The van der Waals surface area contributed by atoms with Crippen LogP contribution in [0.4, 0.5) is 24.5 Å². The highest BCUT2D eigenvalue weighted by Crippen LogP contribution is 2.40. The summed E-state index contributed by atoms with van der Waals surface area (Å²) in [7, 11) is 0. The Labute approximate surface area is 238 Å². The van der Waals surface area contributed by atoms with Gasteiger partial charge in [-0.1, -0.05) is 35.9 Å². The van der Waals surface area contributed by atoms with Gasteiger partial charge < -0.3 is 5.32 Å². The first-order valence-corrected chi connectivity index (χ1v) is 13.1. The Morgan fingerprint density at radius 3 is 2.59 bits per heavy atom. The smallest absolute Gasteiger partial charge is 0.252 e. The Bertz CT molecular complexity index is 1550. The van der Waals surface area contributed by atoms with Gasteiger partial charge >= 0.3 is 0 Å². The minimum absolute atomic E-state index is 0.00258. The first-order chi connectivity index (χ1) is 19.6. The van der Waals surface area contributed by atoms with Gasteiger partial charge in [0.2, 0.25) is 11.8 Å². The molecule has 1 saturated carbocycles. The number of amides is 3. The van der Waals surface area contributed by atoms with Gasteiger partial charge in [0.1, 0.15) is 24.0 Å². The van der Waals surface area contributed by atoms with Gasteiger partial charge in [0.15, 0.2) is 0 Å². The van der Waals surface area contributed by atoms with Gasteiger partial charge in [0.25, 0.3) is 11.8 Å². The molecule has 12 heteroatoms. The van der Waals surface area contributed by atoms with Crippen LogP contribution < -0.4 is 15.1 Å². The number of alkyl halides is 2. The van der Waals surface area contributed by atoms with Crippen molar-refractivity contribution in [2.75, 3.05) is 9.80 Å². The van der Waals surface area contributed by atoms with Crippen molar-refractivity contribution < 1.29 is 27.6 Å². The molecule has 0 bridgehead atoms. The molecule has 8 nitrogen and oxygen atoms in total. The maximum Gasteiger partial charge on any atom is 0.252 e. The molecule has 1 aromatic heterocycles. The number of nitrogens with one attached hydrogen (secondary N) is 1. The number of rotatable bonds is 7. The van der Waals surface area contributed by atoms with E-state index in [9.17, 15) is 32.8 Å². The molecule has 3 aromatic rings. The second kappa shape index (κ2) is 11.2. The average molecular weight is 582 g/mol. The molecule has 1 aliphatic carbocycles. The summed E-state index contributed by atoms with van der Waals surface area (Å²) in [6.45, 7) is 0. The quantitative estimate of drug-likeness (QED) is 0.426. The minimum atomic E-state index is -2.91. The van der Waals surface area contributed by atoms with E-state index in [1.807, 2.05) is 6.07 Å². The Balaban J connectivity index is 1.61. The molecular weight excluding hydrogens is 559 g/mol.